The first-order chi connectivity index (χ1) is 16.8. The highest BCUT2D eigenvalue weighted by Gasteiger charge is 2.23. The van der Waals surface area contributed by atoms with Crippen molar-refractivity contribution in [3.05, 3.63) is 78.1 Å². The molecule has 0 aliphatic carbocycles. The lowest BCUT2D eigenvalue weighted by molar-refractivity contribution is -0.116. The molecule has 35 heavy (non-hydrogen) atoms. The van der Waals surface area contributed by atoms with Gasteiger partial charge in [0.2, 0.25) is 15.9 Å². The predicted molar refractivity (Wildman–Crippen MR) is 140 cm³/mol. The lowest BCUT2D eigenvalue weighted by Crippen LogP contribution is -2.46. The summed E-state index contributed by atoms with van der Waals surface area (Å²) < 4.78 is 26.6. The van der Waals surface area contributed by atoms with Gasteiger partial charge in [0.15, 0.2) is 0 Å². The van der Waals surface area contributed by atoms with Gasteiger partial charge in [-0.3, -0.25) is 9.78 Å². The van der Waals surface area contributed by atoms with Gasteiger partial charge in [0.05, 0.1) is 5.02 Å². The number of halogens is 1. The van der Waals surface area contributed by atoms with E-state index in [1.807, 2.05) is 48.8 Å². The highest BCUT2D eigenvalue weighted by Crippen LogP contribution is 2.24. The maximum atomic E-state index is 12.7. The fourth-order valence-corrected chi connectivity index (χ4v) is 5.62. The second-order valence-corrected chi connectivity index (χ2v) is 10.7. The van der Waals surface area contributed by atoms with Crippen LogP contribution in [-0.4, -0.2) is 63.4 Å². The molecule has 1 amide bonds. The smallest absolute Gasteiger partial charge is 0.244 e. The molecule has 1 aliphatic rings. The van der Waals surface area contributed by atoms with Gasteiger partial charge < -0.3 is 15.1 Å². The standard InChI is InChI=1S/C25H28ClN5O3S/c1-29(35(33,34)24-5-3-2-4-23(24)26)15-12-25(32)28-20-6-8-21(9-7-20)30-16-18-31(19-17-30)22-10-13-27-14-11-22/h2-11,13-14H,12,15-19H2,1H3,(H,28,32). The normalized spacial score (nSPS) is 14.3. The van der Waals surface area contributed by atoms with Crippen LogP contribution in [0.5, 0.6) is 0 Å². The Bertz CT molecular complexity index is 1250. The molecule has 0 atom stereocenters. The van der Waals surface area contributed by atoms with E-state index in [1.54, 1.807) is 12.1 Å². The van der Waals surface area contributed by atoms with Crippen LogP contribution < -0.4 is 15.1 Å². The number of hydrogen-bond acceptors (Lipinski definition) is 6. The van der Waals surface area contributed by atoms with E-state index in [9.17, 15) is 13.2 Å². The van der Waals surface area contributed by atoms with E-state index in [-0.39, 0.29) is 28.8 Å². The lowest BCUT2D eigenvalue weighted by Gasteiger charge is -2.37. The first-order valence-corrected chi connectivity index (χ1v) is 13.2. The molecule has 0 bridgehead atoms. The number of carbonyl (C=O) groups is 1. The predicted octanol–water partition coefficient (Wildman–Crippen LogP) is 3.71. The summed E-state index contributed by atoms with van der Waals surface area (Å²) in [6.45, 7) is 3.69. The van der Waals surface area contributed by atoms with Crippen molar-refractivity contribution < 1.29 is 13.2 Å². The van der Waals surface area contributed by atoms with Crippen molar-refractivity contribution in [2.45, 2.75) is 11.3 Å². The Kier molecular flexibility index (Phi) is 7.90. The minimum absolute atomic E-state index is 0.0267. The number of aromatic nitrogens is 1. The Balaban J connectivity index is 1.26. The molecule has 1 fully saturated rings. The second kappa shape index (κ2) is 11.1. The van der Waals surface area contributed by atoms with E-state index in [0.29, 0.717) is 5.69 Å². The average molecular weight is 514 g/mol. The molecule has 0 unspecified atom stereocenters. The minimum Gasteiger partial charge on any atom is -0.368 e. The monoisotopic (exact) mass is 513 g/mol. The van der Waals surface area contributed by atoms with Crippen molar-refractivity contribution in [3.63, 3.8) is 0 Å². The summed E-state index contributed by atoms with van der Waals surface area (Å²) in [6.07, 6.45) is 3.65. The lowest BCUT2D eigenvalue weighted by atomic mass is 10.2. The number of rotatable bonds is 8. The van der Waals surface area contributed by atoms with Crippen LogP contribution in [0, 0.1) is 0 Å². The molecule has 4 rings (SSSR count). The maximum Gasteiger partial charge on any atom is 0.244 e. The van der Waals surface area contributed by atoms with Crippen molar-refractivity contribution in [3.8, 4) is 0 Å². The van der Waals surface area contributed by atoms with E-state index in [1.165, 1.54) is 24.9 Å². The SMILES string of the molecule is CN(CCC(=O)Nc1ccc(N2CCN(c3ccncc3)CC2)cc1)S(=O)(=O)c1ccccc1Cl. The largest absolute Gasteiger partial charge is 0.368 e. The summed E-state index contributed by atoms with van der Waals surface area (Å²) in [6, 6.07) is 18.0. The van der Waals surface area contributed by atoms with Gasteiger partial charge in [-0.2, -0.15) is 0 Å². The van der Waals surface area contributed by atoms with Crippen molar-refractivity contribution in [2.75, 3.05) is 54.9 Å². The quantitative estimate of drug-likeness (QED) is 0.494. The minimum atomic E-state index is -3.77. The third kappa shape index (κ3) is 6.11. The van der Waals surface area contributed by atoms with Crippen LogP contribution >= 0.6 is 11.6 Å². The van der Waals surface area contributed by atoms with Crippen LogP contribution in [0.2, 0.25) is 5.02 Å². The molecule has 10 heteroatoms. The molecule has 2 aromatic carbocycles. The fraction of sp³-hybridized carbons (Fsp3) is 0.280. The van der Waals surface area contributed by atoms with Gasteiger partial charge in [-0.25, -0.2) is 12.7 Å². The Morgan fingerprint density at radius 3 is 2.11 bits per heavy atom. The van der Waals surface area contributed by atoms with Gasteiger partial charge in [-0.15, -0.1) is 0 Å². The zero-order chi connectivity index (χ0) is 24.8. The average Bonchev–Trinajstić information content (AvgIpc) is 2.88. The number of carbonyl (C=O) groups excluding carboxylic acids is 1. The summed E-state index contributed by atoms with van der Waals surface area (Å²) in [5, 5.41) is 2.99. The van der Waals surface area contributed by atoms with E-state index < -0.39 is 10.0 Å². The molecule has 0 spiro atoms. The highest BCUT2D eigenvalue weighted by atomic mass is 35.5. The third-order valence-electron chi connectivity index (χ3n) is 6.00. The van der Waals surface area contributed by atoms with E-state index in [0.717, 1.165) is 36.2 Å². The summed E-state index contributed by atoms with van der Waals surface area (Å²) in [4.78, 5) is 21.2. The number of benzene rings is 2. The van der Waals surface area contributed by atoms with E-state index >= 15 is 0 Å². The van der Waals surface area contributed by atoms with Crippen molar-refractivity contribution in [2.24, 2.45) is 0 Å². The molecular weight excluding hydrogens is 486 g/mol. The Morgan fingerprint density at radius 2 is 1.51 bits per heavy atom. The molecule has 3 aromatic rings. The molecule has 0 radical (unpaired) electrons. The summed E-state index contributed by atoms with van der Waals surface area (Å²) in [5.41, 5.74) is 2.96. The molecule has 2 heterocycles. The van der Waals surface area contributed by atoms with Gasteiger partial charge in [0.1, 0.15) is 4.90 Å². The van der Waals surface area contributed by atoms with Gasteiger partial charge >= 0.3 is 0 Å². The molecular formula is C25H28ClN5O3S. The van der Waals surface area contributed by atoms with Crippen molar-refractivity contribution >= 4 is 44.6 Å². The number of pyridine rings is 1. The fourth-order valence-electron chi connectivity index (χ4n) is 3.96. The number of piperazine rings is 1. The van der Waals surface area contributed by atoms with Gasteiger partial charge in [0, 0.05) is 75.6 Å². The molecule has 8 nitrogen and oxygen atoms in total. The zero-order valence-corrected chi connectivity index (χ0v) is 21.0. The molecule has 1 saturated heterocycles. The van der Waals surface area contributed by atoms with Crippen LogP contribution in [0.4, 0.5) is 17.1 Å². The molecule has 1 N–H and O–H groups in total. The number of nitrogens with one attached hydrogen (secondary N) is 1. The van der Waals surface area contributed by atoms with E-state index in [2.05, 4.69) is 20.1 Å². The Hall–Kier alpha value is -3.14. The van der Waals surface area contributed by atoms with Gasteiger partial charge in [-0.1, -0.05) is 23.7 Å². The number of sulfonamides is 1. The molecule has 1 aliphatic heterocycles. The maximum absolute atomic E-state index is 12.7. The van der Waals surface area contributed by atoms with Crippen LogP contribution in [0.3, 0.4) is 0 Å². The number of nitrogens with zero attached hydrogens (tertiary/aromatic N) is 4. The topological polar surface area (TPSA) is 85.8 Å². The molecule has 1 aromatic heterocycles. The van der Waals surface area contributed by atoms with Gasteiger partial charge in [-0.05, 0) is 48.5 Å². The first-order valence-electron chi connectivity index (χ1n) is 11.4. The second-order valence-electron chi connectivity index (χ2n) is 8.28. The summed E-state index contributed by atoms with van der Waals surface area (Å²) in [5.74, 6) is -0.259. The Morgan fingerprint density at radius 1 is 0.943 bits per heavy atom. The first kappa shape index (κ1) is 25.0. The van der Waals surface area contributed by atoms with Crippen LogP contribution in [-0.2, 0) is 14.8 Å². The number of anilines is 3. The van der Waals surface area contributed by atoms with E-state index in [4.69, 9.17) is 11.6 Å². The van der Waals surface area contributed by atoms with Crippen LogP contribution in [0.25, 0.3) is 0 Å². The third-order valence-corrected chi connectivity index (χ3v) is 8.36. The Labute approximate surface area is 211 Å². The van der Waals surface area contributed by atoms with Gasteiger partial charge in [0.25, 0.3) is 0 Å². The molecule has 184 valence electrons. The van der Waals surface area contributed by atoms with Crippen LogP contribution in [0.15, 0.2) is 78.0 Å². The van der Waals surface area contributed by atoms with Crippen molar-refractivity contribution in [1.82, 2.24) is 9.29 Å². The zero-order valence-electron chi connectivity index (χ0n) is 19.5. The number of hydrogen-bond donors (Lipinski definition) is 1. The van der Waals surface area contributed by atoms with Crippen LogP contribution in [0.1, 0.15) is 6.42 Å². The van der Waals surface area contributed by atoms with Crippen molar-refractivity contribution in [1.29, 1.82) is 0 Å². The summed E-state index contributed by atoms with van der Waals surface area (Å²) >= 11 is 6.03. The highest BCUT2D eigenvalue weighted by molar-refractivity contribution is 7.89. The summed E-state index contributed by atoms with van der Waals surface area (Å²) in [7, 11) is -2.33. The number of amides is 1. The molecule has 0 saturated carbocycles.